The summed E-state index contributed by atoms with van der Waals surface area (Å²) in [5.41, 5.74) is 2.20. The zero-order valence-corrected chi connectivity index (χ0v) is 16.6. The van der Waals surface area contributed by atoms with E-state index in [4.69, 9.17) is 4.74 Å². The van der Waals surface area contributed by atoms with E-state index < -0.39 is 11.4 Å². The normalized spacial score (nSPS) is 16.0. The third-order valence-corrected chi connectivity index (χ3v) is 6.04. The van der Waals surface area contributed by atoms with Crippen LogP contribution in [0.5, 0.6) is 5.75 Å². The lowest BCUT2D eigenvalue weighted by Gasteiger charge is -2.38. The monoisotopic (exact) mass is 381 g/mol. The van der Waals surface area contributed by atoms with Crippen molar-refractivity contribution >= 4 is 11.9 Å². The number of para-hydroxylation sites is 1. The van der Waals surface area contributed by atoms with Crippen LogP contribution in [0.25, 0.3) is 11.1 Å². The number of hydrogen-bond acceptors (Lipinski definition) is 3. The van der Waals surface area contributed by atoms with Crippen molar-refractivity contribution in [2.75, 3.05) is 14.2 Å². The molecule has 1 aliphatic rings. The number of nitrogens with zero attached hydrogens (tertiary/aromatic N) is 1. The summed E-state index contributed by atoms with van der Waals surface area (Å²) in [6.07, 6.45) is 2.12. The summed E-state index contributed by atoms with van der Waals surface area (Å²) in [7, 11) is 3.40. The zero-order valence-electron chi connectivity index (χ0n) is 16.6. The fourth-order valence-corrected chi connectivity index (χ4v) is 3.75. The van der Waals surface area contributed by atoms with Crippen molar-refractivity contribution in [2.45, 2.75) is 38.6 Å². The van der Waals surface area contributed by atoms with Gasteiger partial charge in [0.15, 0.2) is 0 Å². The molecule has 1 unspecified atom stereocenters. The van der Waals surface area contributed by atoms with Gasteiger partial charge in [0.25, 0.3) is 0 Å². The van der Waals surface area contributed by atoms with Crippen LogP contribution in [0.1, 0.15) is 44.2 Å². The number of ether oxygens (including phenoxy) is 1. The van der Waals surface area contributed by atoms with Crippen molar-refractivity contribution in [3.63, 3.8) is 0 Å². The van der Waals surface area contributed by atoms with E-state index in [1.54, 1.807) is 19.1 Å². The molecule has 5 nitrogen and oxygen atoms in total. The van der Waals surface area contributed by atoms with Crippen LogP contribution < -0.4 is 4.74 Å². The van der Waals surface area contributed by atoms with Gasteiger partial charge < -0.3 is 14.7 Å². The second-order valence-electron chi connectivity index (χ2n) is 7.62. The Morgan fingerprint density at radius 3 is 2.32 bits per heavy atom. The standard InChI is InChI=1S/C23H27NO4/c1-16(24(2)21(25)15-23(22(26)27)13-6-14-23)17-9-11-18(12-10-17)19-7-4-5-8-20(19)28-3/h4-5,7-12,16H,6,13-15H2,1-3H3,(H,26,27). The van der Waals surface area contributed by atoms with Crippen molar-refractivity contribution in [3.05, 3.63) is 54.1 Å². The molecule has 1 amide bonds. The van der Waals surface area contributed by atoms with E-state index in [1.807, 2.05) is 55.5 Å². The molecule has 1 aliphatic carbocycles. The van der Waals surface area contributed by atoms with Crippen molar-refractivity contribution in [1.82, 2.24) is 4.90 Å². The Labute approximate surface area is 165 Å². The second kappa shape index (κ2) is 8.05. The van der Waals surface area contributed by atoms with Crippen LogP contribution >= 0.6 is 0 Å². The van der Waals surface area contributed by atoms with Crippen LogP contribution in [-0.4, -0.2) is 36.0 Å². The highest BCUT2D eigenvalue weighted by molar-refractivity contribution is 5.85. The summed E-state index contributed by atoms with van der Waals surface area (Å²) in [4.78, 5) is 25.9. The molecule has 1 atom stereocenters. The van der Waals surface area contributed by atoms with E-state index >= 15 is 0 Å². The Hall–Kier alpha value is -2.82. The van der Waals surface area contributed by atoms with Crippen molar-refractivity contribution in [2.24, 2.45) is 5.41 Å². The molecule has 0 aromatic heterocycles. The summed E-state index contributed by atoms with van der Waals surface area (Å²) >= 11 is 0. The van der Waals surface area contributed by atoms with Crippen molar-refractivity contribution in [3.8, 4) is 16.9 Å². The van der Waals surface area contributed by atoms with E-state index in [2.05, 4.69) is 0 Å². The number of carboxylic acids is 1. The molecule has 0 aliphatic heterocycles. The minimum atomic E-state index is -0.862. The van der Waals surface area contributed by atoms with Crippen LogP contribution in [0, 0.1) is 5.41 Å². The molecule has 3 rings (SSSR count). The maximum Gasteiger partial charge on any atom is 0.310 e. The van der Waals surface area contributed by atoms with Gasteiger partial charge in [-0.15, -0.1) is 0 Å². The highest BCUT2D eigenvalue weighted by atomic mass is 16.5. The fraction of sp³-hybridized carbons (Fsp3) is 0.391. The molecule has 0 bridgehead atoms. The molecular weight excluding hydrogens is 354 g/mol. The number of aliphatic carboxylic acids is 1. The molecule has 5 heteroatoms. The van der Waals surface area contributed by atoms with E-state index in [-0.39, 0.29) is 18.4 Å². The van der Waals surface area contributed by atoms with Gasteiger partial charge in [0.2, 0.25) is 5.91 Å². The first-order chi connectivity index (χ1) is 13.4. The highest BCUT2D eigenvalue weighted by Gasteiger charge is 2.46. The Balaban J connectivity index is 1.72. The number of amides is 1. The molecule has 2 aromatic carbocycles. The Kier molecular flexibility index (Phi) is 5.73. The van der Waals surface area contributed by atoms with Gasteiger partial charge in [-0.2, -0.15) is 0 Å². The molecule has 28 heavy (non-hydrogen) atoms. The summed E-state index contributed by atoms with van der Waals surface area (Å²) in [6.45, 7) is 1.96. The molecule has 0 spiro atoms. The lowest BCUT2D eigenvalue weighted by molar-refractivity contribution is -0.159. The van der Waals surface area contributed by atoms with Gasteiger partial charge in [-0.25, -0.2) is 0 Å². The number of carbonyl (C=O) groups excluding carboxylic acids is 1. The number of hydrogen-bond donors (Lipinski definition) is 1. The highest BCUT2D eigenvalue weighted by Crippen LogP contribution is 2.45. The first-order valence-corrected chi connectivity index (χ1v) is 9.60. The molecule has 0 heterocycles. The van der Waals surface area contributed by atoms with Gasteiger partial charge in [-0.05, 0) is 37.0 Å². The molecular formula is C23H27NO4. The molecule has 1 N–H and O–H groups in total. The van der Waals surface area contributed by atoms with E-state index in [9.17, 15) is 14.7 Å². The fourth-order valence-electron chi connectivity index (χ4n) is 3.75. The van der Waals surface area contributed by atoms with Crippen LogP contribution in [0.3, 0.4) is 0 Å². The second-order valence-corrected chi connectivity index (χ2v) is 7.62. The van der Waals surface area contributed by atoms with Gasteiger partial charge in [0, 0.05) is 19.0 Å². The van der Waals surface area contributed by atoms with Crippen LogP contribution in [0.2, 0.25) is 0 Å². The summed E-state index contributed by atoms with van der Waals surface area (Å²) < 4.78 is 5.43. The van der Waals surface area contributed by atoms with Crippen molar-refractivity contribution in [1.29, 1.82) is 0 Å². The largest absolute Gasteiger partial charge is 0.496 e. The molecule has 0 radical (unpaired) electrons. The topological polar surface area (TPSA) is 66.8 Å². The van der Waals surface area contributed by atoms with E-state index in [0.29, 0.717) is 12.8 Å². The van der Waals surface area contributed by atoms with Gasteiger partial charge in [-0.3, -0.25) is 9.59 Å². The van der Waals surface area contributed by atoms with Crippen LogP contribution in [-0.2, 0) is 9.59 Å². The number of rotatable bonds is 7. The molecule has 1 fully saturated rings. The molecule has 0 saturated heterocycles. The molecule has 2 aromatic rings. The third-order valence-electron chi connectivity index (χ3n) is 6.04. The smallest absolute Gasteiger partial charge is 0.310 e. The van der Waals surface area contributed by atoms with Gasteiger partial charge >= 0.3 is 5.97 Å². The Bertz CT molecular complexity index is 855. The van der Waals surface area contributed by atoms with E-state index in [1.165, 1.54) is 0 Å². The van der Waals surface area contributed by atoms with Crippen molar-refractivity contribution < 1.29 is 19.4 Å². The Morgan fingerprint density at radius 1 is 1.14 bits per heavy atom. The summed E-state index contributed by atoms with van der Waals surface area (Å²) in [5.74, 6) is -0.159. The summed E-state index contributed by atoms with van der Waals surface area (Å²) in [6, 6.07) is 15.8. The lowest BCUT2D eigenvalue weighted by Crippen LogP contribution is -2.43. The van der Waals surface area contributed by atoms with Gasteiger partial charge in [-0.1, -0.05) is 48.9 Å². The number of carbonyl (C=O) groups is 2. The van der Waals surface area contributed by atoms with E-state index in [0.717, 1.165) is 28.9 Å². The average Bonchev–Trinajstić information content (AvgIpc) is 2.69. The predicted molar refractivity (Wildman–Crippen MR) is 108 cm³/mol. The van der Waals surface area contributed by atoms with Gasteiger partial charge in [0.05, 0.1) is 18.6 Å². The number of benzene rings is 2. The average molecular weight is 381 g/mol. The SMILES string of the molecule is COc1ccccc1-c1ccc(C(C)N(C)C(=O)CC2(C(=O)O)CCC2)cc1. The minimum absolute atomic E-state index is 0.0719. The summed E-state index contributed by atoms with van der Waals surface area (Å²) in [5, 5.41) is 9.47. The molecule has 148 valence electrons. The number of carboxylic acid groups (broad SMARTS) is 1. The maximum atomic E-state index is 12.7. The maximum absolute atomic E-state index is 12.7. The molecule has 1 saturated carbocycles. The first-order valence-electron chi connectivity index (χ1n) is 9.60. The lowest BCUT2D eigenvalue weighted by atomic mass is 9.66. The number of methoxy groups -OCH3 is 1. The first kappa shape index (κ1) is 19.9. The quantitative estimate of drug-likeness (QED) is 0.765. The third kappa shape index (κ3) is 3.75. The van der Waals surface area contributed by atoms with Crippen LogP contribution in [0.4, 0.5) is 0 Å². The Morgan fingerprint density at radius 2 is 1.79 bits per heavy atom. The van der Waals surface area contributed by atoms with Crippen LogP contribution in [0.15, 0.2) is 48.5 Å². The van der Waals surface area contributed by atoms with Gasteiger partial charge in [0.1, 0.15) is 5.75 Å². The predicted octanol–water partition coefficient (Wildman–Crippen LogP) is 4.53. The minimum Gasteiger partial charge on any atom is -0.496 e. The zero-order chi connectivity index (χ0) is 20.3.